The van der Waals surface area contributed by atoms with Crippen molar-refractivity contribution in [1.29, 1.82) is 0 Å². The highest BCUT2D eigenvalue weighted by Crippen LogP contribution is 2.25. The van der Waals surface area contributed by atoms with Gasteiger partial charge in [0.05, 0.1) is 12.1 Å². The molecule has 0 bridgehead atoms. The summed E-state index contributed by atoms with van der Waals surface area (Å²) in [6, 6.07) is 11.0. The Hall–Kier alpha value is -2.78. The number of methoxy groups -OCH3 is 1. The number of anilines is 1. The van der Waals surface area contributed by atoms with Crippen LogP contribution in [-0.2, 0) is 14.3 Å². The van der Waals surface area contributed by atoms with E-state index in [2.05, 4.69) is 16.1 Å². The third kappa shape index (κ3) is 5.68. The van der Waals surface area contributed by atoms with Crippen LogP contribution in [0.1, 0.15) is 10.5 Å². The average Bonchev–Trinajstić information content (AvgIpc) is 3.04. The second-order valence-electron chi connectivity index (χ2n) is 6.37. The minimum Gasteiger partial charge on any atom is -0.383 e. The molecule has 0 atom stereocenters. The number of nitrogens with one attached hydrogen (secondary N) is 3. The first kappa shape index (κ1) is 22.9. The van der Waals surface area contributed by atoms with Crippen molar-refractivity contribution in [2.75, 3.05) is 31.0 Å². The largest absolute Gasteiger partial charge is 0.383 e. The van der Waals surface area contributed by atoms with E-state index in [9.17, 15) is 14.4 Å². The van der Waals surface area contributed by atoms with E-state index in [1.165, 1.54) is 36.1 Å². The van der Waals surface area contributed by atoms with Crippen LogP contribution in [0.4, 0.5) is 5.69 Å². The standard InChI is InChI=1S/C20H17Cl3N4O4/c1-31-5-4-24-19(29)20(30)26-27-16-3-2-12(21)6-11(16)7-17(27)18(28)25-15-9-13(22)8-14(23)10-15/h2-3,6-10H,4-5H2,1H3,(H,24,29)(H,25,28)(H,26,30). The van der Waals surface area contributed by atoms with Crippen molar-refractivity contribution in [1.82, 2.24) is 9.99 Å². The smallest absolute Gasteiger partial charge is 0.328 e. The van der Waals surface area contributed by atoms with E-state index >= 15 is 0 Å². The number of ether oxygens (including phenoxy) is 1. The number of fused-ring (bicyclic) bond motifs is 1. The molecule has 0 fully saturated rings. The van der Waals surface area contributed by atoms with Crippen LogP contribution in [-0.4, -0.2) is 42.7 Å². The predicted octanol–water partition coefficient (Wildman–Crippen LogP) is 3.69. The molecule has 8 nitrogen and oxygen atoms in total. The third-order valence-corrected chi connectivity index (χ3v) is 4.80. The monoisotopic (exact) mass is 482 g/mol. The number of nitrogens with zero attached hydrogens (tertiary/aromatic N) is 1. The van der Waals surface area contributed by atoms with Gasteiger partial charge in [-0.15, -0.1) is 0 Å². The van der Waals surface area contributed by atoms with Gasteiger partial charge in [0.25, 0.3) is 5.91 Å². The topological polar surface area (TPSA) is 101 Å². The highest BCUT2D eigenvalue weighted by molar-refractivity contribution is 6.38. The summed E-state index contributed by atoms with van der Waals surface area (Å²) >= 11 is 18.0. The number of benzene rings is 2. The molecule has 0 saturated heterocycles. The van der Waals surface area contributed by atoms with Gasteiger partial charge < -0.3 is 15.4 Å². The van der Waals surface area contributed by atoms with Gasteiger partial charge in [-0.05, 0) is 42.5 Å². The Morgan fingerprint density at radius 1 is 0.935 bits per heavy atom. The maximum absolute atomic E-state index is 13.0. The summed E-state index contributed by atoms with van der Waals surface area (Å²) in [5, 5.41) is 6.80. The lowest BCUT2D eigenvalue weighted by Crippen LogP contribution is -2.40. The molecule has 0 aliphatic carbocycles. The fourth-order valence-corrected chi connectivity index (χ4v) is 3.50. The molecule has 11 heteroatoms. The summed E-state index contributed by atoms with van der Waals surface area (Å²) in [6.45, 7) is 0.410. The van der Waals surface area contributed by atoms with E-state index in [4.69, 9.17) is 39.5 Å². The molecule has 1 heterocycles. The van der Waals surface area contributed by atoms with Crippen molar-refractivity contribution < 1.29 is 19.1 Å². The van der Waals surface area contributed by atoms with E-state index in [1.54, 1.807) is 18.2 Å². The Kier molecular flexibility index (Phi) is 7.40. The van der Waals surface area contributed by atoms with Gasteiger partial charge in [-0.1, -0.05) is 34.8 Å². The Balaban J connectivity index is 1.92. The highest BCUT2D eigenvalue weighted by atomic mass is 35.5. The zero-order chi connectivity index (χ0) is 22.5. The first-order valence-corrected chi connectivity index (χ1v) is 10.1. The van der Waals surface area contributed by atoms with E-state index < -0.39 is 17.7 Å². The molecule has 0 spiro atoms. The minimum atomic E-state index is -0.955. The molecular weight excluding hydrogens is 467 g/mol. The SMILES string of the molecule is COCCNC(=O)C(=O)Nn1c(C(=O)Nc2cc(Cl)cc(Cl)c2)cc2cc(Cl)ccc21. The zero-order valence-electron chi connectivity index (χ0n) is 16.2. The normalized spacial score (nSPS) is 10.7. The van der Waals surface area contributed by atoms with Crippen LogP contribution < -0.4 is 16.1 Å². The Morgan fingerprint density at radius 3 is 2.32 bits per heavy atom. The summed E-state index contributed by atoms with van der Waals surface area (Å²) in [5.74, 6) is -2.39. The maximum atomic E-state index is 13.0. The van der Waals surface area contributed by atoms with Crippen molar-refractivity contribution in [3.05, 3.63) is 63.2 Å². The van der Waals surface area contributed by atoms with E-state index in [1.807, 2.05) is 0 Å². The zero-order valence-corrected chi connectivity index (χ0v) is 18.4. The summed E-state index contributed by atoms with van der Waals surface area (Å²) in [4.78, 5) is 37.4. The number of aromatic nitrogens is 1. The number of hydrogen-bond acceptors (Lipinski definition) is 4. The molecule has 0 aliphatic rings. The summed E-state index contributed by atoms with van der Waals surface area (Å²) < 4.78 is 6.05. The number of rotatable bonds is 6. The van der Waals surface area contributed by atoms with Gasteiger partial charge >= 0.3 is 11.8 Å². The molecule has 0 radical (unpaired) electrons. The molecular formula is C20H17Cl3N4O4. The summed E-state index contributed by atoms with van der Waals surface area (Å²) in [5.41, 5.74) is 3.33. The molecule has 1 aromatic heterocycles. The minimum absolute atomic E-state index is 0.0615. The molecule has 3 N–H and O–H groups in total. The highest BCUT2D eigenvalue weighted by Gasteiger charge is 2.21. The molecule has 31 heavy (non-hydrogen) atoms. The number of carbonyl (C=O) groups is 3. The van der Waals surface area contributed by atoms with Crippen molar-refractivity contribution in [2.24, 2.45) is 0 Å². The molecule has 2 aromatic carbocycles. The van der Waals surface area contributed by atoms with Gasteiger partial charge in [-0.2, -0.15) is 0 Å². The van der Waals surface area contributed by atoms with Crippen LogP contribution in [0, 0.1) is 0 Å². The maximum Gasteiger partial charge on any atom is 0.328 e. The van der Waals surface area contributed by atoms with Gasteiger partial charge in [-0.3, -0.25) is 19.8 Å². The molecule has 0 aliphatic heterocycles. The Morgan fingerprint density at radius 2 is 1.65 bits per heavy atom. The summed E-state index contributed by atoms with van der Waals surface area (Å²) in [7, 11) is 1.47. The second-order valence-corrected chi connectivity index (χ2v) is 7.68. The summed E-state index contributed by atoms with van der Waals surface area (Å²) in [6.07, 6.45) is 0. The van der Waals surface area contributed by atoms with E-state index in [0.717, 1.165) is 0 Å². The molecule has 0 saturated carbocycles. The molecule has 0 unspecified atom stereocenters. The van der Waals surface area contributed by atoms with Crippen molar-refractivity contribution in [3.8, 4) is 0 Å². The van der Waals surface area contributed by atoms with Gasteiger partial charge in [0.15, 0.2) is 0 Å². The van der Waals surface area contributed by atoms with Crippen LogP contribution in [0.15, 0.2) is 42.5 Å². The van der Waals surface area contributed by atoms with Crippen LogP contribution in [0.5, 0.6) is 0 Å². The van der Waals surface area contributed by atoms with Gasteiger partial charge in [0, 0.05) is 39.8 Å². The molecule has 3 aromatic rings. The van der Waals surface area contributed by atoms with Crippen molar-refractivity contribution in [2.45, 2.75) is 0 Å². The number of carbonyl (C=O) groups excluding carboxylic acids is 3. The van der Waals surface area contributed by atoms with Crippen LogP contribution in [0.3, 0.4) is 0 Å². The average molecular weight is 484 g/mol. The van der Waals surface area contributed by atoms with Crippen molar-refractivity contribution >= 4 is 69.1 Å². The molecule has 162 valence electrons. The van der Waals surface area contributed by atoms with Crippen LogP contribution >= 0.6 is 34.8 Å². The lowest BCUT2D eigenvalue weighted by molar-refractivity contribution is -0.136. The fraction of sp³-hybridized carbons (Fsp3) is 0.150. The quantitative estimate of drug-likeness (QED) is 0.368. The Labute approximate surface area is 192 Å². The lowest BCUT2D eigenvalue weighted by Gasteiger charge is -2.13. The number of hydrogen-bond donors (Lipinski definition) is 3. The number of halogens is 3. The Bertz CT molecular complexity index is 1140. The van der Waals surface area contributed by atoms with E-state index in [0.29, 0.717) is 31.7 Å². The first-order chi connectivity index (χ1) is 14.8. The van der Waals surface area contributed by atoms with Gasteiger partial charge in [-0.25, -0.2) is 4.68 Å². The first-order valence-electron chi connectivity index (χ1n) is 8.95. The third-order valence-electron chi connectivity index (χ3n) is 4.13. The fourth-order valence-electron chi connectivity index (χ4n) is 2.79. The van der Waals surface area contributed by atoms with Gasteiger partial charge in [0.1, 0.15) is 5.69 Å². The lowest BCUT2D eigenvalue weighted by atomic mass is 10.2. The van der Waals surface area contributed by atoms with Crippen LogP contribution in [0.2, 0.25) is 15.1 Å². The van der Waals surface area contributed by atoms with Gasteiger partial charge in [0.2, 0.25) is 0 Å². The molecule has 3 amide bonds. The van der Waals surface area contributed by atoms with Crippen molar-refractivity contribution in [3.63, 3.8) is 0 Å². The predicted molar refractivity (Wildman–Crippen MR) is 121 cm³/mol. The van der Waals surface area contributed by atoms with Crippen LogP contribution in [0.25, 0.3) is 10.9 Å². The number of amides is 3. The second kappa shape index (κ2) is 10.0. The van der Waals surface area contributed by atoms with E-state index in [-0.39, 0.29) is 18.8 Å². The molecule has 3 rings (SSSR count).